The number of phenolic OH excluding ortho intramolecular Hbond substituents is 2. The predicted octanol–water partition coefficient (Wildman–Crippen LogP) is 1.48. The fraction of sp³-hybridized carbons (Fsp3) is 0.0909. The Bertz CT molecular complexity index is 505. The number of rotatable bonds is 3. The fourth-order valence-electron chi connectivity index (χ4n) is 1.35. The van der Waals surface area contributed by atoms with E-state index in [1.165, 1.54) is 29.5 Å². The van der Waals surface area contributed by atoms with Gasteiger partial charge in [0.15, 0.2) is 0 Å². The highest BCUT2D eigenvalue weighted by Crippen LogP contribution is 2.25. The van der Waals surface area contributed by atoms with Crippen LogP contribution in [0.3, 0.4) is 0 Å². The van der Waals surface area contributed by atoms with Crippen LogP contribution in [-0.4, -0.2) is 21.1 Å². The van der Waals surface area contributed by atoms with Crippen molar-refractivity contribution in [3.63, 3.8) is 0 Å². The first-order valence-electron chi connectivity index (χ1n) is 4.85. The maximum Gasteiger partial charge on any atom is 0.259 e. The summed E-state index contributed by atoms with van der Waals surface area (Å²) in [6.07, 6.45) is 1.65. The molecule has 88 valence electrons. The number of aromatic nitrogens is 1. The second kappa shape index (κ2) is 4.84. The zero-order valence-corrected chi connectivity index (χ0v) is 9.57. The molecule has 0 unspecified atom stereocenters. The molecule has 0 bridgehead atoms. The number of phenols is 2. The van der Waals surface area contributed by atoms with Crippen LogP contribution in [0.1, 0.15) is 15.2 Å². The molecule has 2 rings (SSSR count). The van der Waals surface area contributed by atoms with Crippen molar-refractivity contribution < 1.29 is 15.0 Å². The van der Waals surface area contributed by atoms with Crippen LogP contribution in [-0.2, 0) is 6.54 Å². The largest absolute Gasteiger partial charge is 0.507 e. The zero-order chi connectivity index (χ0) is 12.3. The molecule has 0 spiro atoms. The number of hydrogen-bond donors (Lipinski definition) is 3. The molecular formula is C11H10N2O3S. The van der Waals surface area contributed by atoms with Gasteiger partial charge in [-0.1, -0.05) is 6.07 Å². The molecule has 17 heavy (non-hydrogen) atoms. The average molecular weight is 250 g/mol. The maximum atomic E-state index is 11.7. The van der Waals surface area contributed by atoms with Gasteiger partial charge in [-0.15, -0.1) is 11.3 Å². The minimum atomic E-state index is -0.519. The summed E-state index contributed by atoms with van der Waals surface area (Å²) >= 11 is 1.42. The van der Waals surface area contributed by atoms with Gasteiger partial charge in [-0.05, 0) is 12.1 Å². The summed E-state index contributed by atoms with van der Waals surface area (Å²) in [5.74, 6) is -1.01. The standard InChI is InChI=1S/C11H10N2O3S/c14-8-2-1-3-9(15)10(8)11(16)13-5-7-4-12-6-17-7/h1-4,6,14-15H,5H2,(H,13,16). The Morgan fingerprint density at radius 3 is 2.65 bits per heavy atom. The van der Waals surface area contributed by atoms with Crippen molar-refractivity contribution in [1.82, 2.24) is 10.3 Å². The van der Waals surface area contributed by atoms with Crippen molar-refractivity contribution in [3.05, 3.63) is 40.3 Å². The Morgan fingerprint density at radius 1 is 1.35 bits per heavy atom. The highest BCUT2D eigenvalue weighted by molar-refractivity contribution is 7.09. The highest BCUT2D eigenvalue weighted by atomic mass is 32.1. The molecule has 0 aliphatic carbocycles. The molecule has 1 heterocycles. The lowest BCUT2D eigenvalue weighted by molar-refractivity contribution is 0.0946. The van der Waals surface area contributed by atoms with E-state index in [0.717, 1.165) is 4.88 Å². The average Bonchev–Trinajstić information content (AvgIpc) is 2.79. The van der Waals surface area contributed by atoms with E-state index in [-0.39, 0.29) is 17.1 Å². The summed E-state index contributed by atoms with van der Waals surface area (Å²) in [6, 6.07) is 4.16. The van der Waals surface area contributed by atoms with Gasteiger partial charge in [-0.2, -0.15) is 0 Å². The maximum absolute atomic E-state index is 11.7. The molecule has 1 aromatic heterocycles. The number of nitrogens with zero attached hydrogens (tertiary/aromatic N) is 1. The van der Waals surface area contributed by atoms with E-state index >= 15 is 0 Å². The number of carbonyl (C=O) groups is 1. The Morgan fingerprint density at radius 2 is 2.06 bits per heavy atom. The van der Waals surface area contributed by atoms with E-state index in [1.807, 2.05) is 0 Å². The topological polar surface area (TPSA) is 82.5 Å². The lowest BCUT2D eigenvalue weighted by atomic mass is 10.1. The smallest absolute Gasteiger partial charge is 0.259 e. The normalized spacial score (nSPS) is 10.1. The van der Waals surface area contributed by atoms with Crippen molar-refractivity contribution in [2.75, 3.05) is 0 Å². The van der Waals surface area contributed by atoms with E-state index in [4.69, 9.17) is 0 Å². The monoisotopic (exact) mass is 250 g/mol. The van der Waals surface area contributed by atoms with Gasteiger partial charge in [0, 0.05) is 11.1 Å². The van der Waals surface area contributed by atoms with Crippen molar-refractivity contribution in [3.8, 4) is 11.5 Å². The Balaban J connectivity index is 2.10. The molecular weight excluding hydrogens is 240 g/mol. The molecule has 3 N–H and O–H groups in total. The number of hydrogen-bond acceptors (Lipinski definition) is 5. The van der Waals surface area contributed by atoms with E-state index in [9.17, 15) is 15.0 Å². The Labute approximate surface area is 101 Å². The summed E-state index contributed by atoms with van der Waals surface area (Å²) in [7, 11) is 0. The molecule has 0 saturated carbocycles. The molecule has 5 nitrogen and oxygen atoms in total. The van der Waals surface area contributed by atoms with E-state index in [1.54, 1.807) is 11.7 Å². The van der Waals surface area contributed by atoms with Gasteiger partial charge in [0.05, 0.1) is 12.1 Å². The molecule has 0 atom stereocenters. The summed E-state index contributed by atoms with van der Waals surface area (Å²) in [5.41, 5.74) is 1.55. The van der Waals surface area contributed by atoms with Crippen molar-refractivity contribution in [2.24, 2.45) is 0 Å². The van der Waals surface area contributed by atoms with Gasteiger partial charge in [0.2, 0.25) is 0 Å². The summed E-state index contributed by atoms with van der Waals surface area (Å²) in [5, 5.41) is 21.6. The minimum Gasteiger partial charge on any atom is -0.507 e. The van der Waals surface area contributed by atoms with Crippen LogP contribution < -0.4 is 5.32 Å². The lowest BCUT2D eigenvalue weighted by Gasteiger charge is -2.07. The molecule has 0 radical (unpaired) electrons. The van der Waals surface area contributed by atoms with Crippen molar-refractivity contribution in [2.45, 2.75) is 6.54 Å². The predicted molar refractivity (Wildman–Crippen MR) is 63.1 cm³/mol. The van der Waals surface area contributed by atoms with Crippen LogP contribution in [0.15, 0.2) is 29.9 Å². The summed E-state index contributed by atoms with van der Waals surface area (Å²) < 4.78 is 0. The third kappa shape index (κ3) is 2.54. The molecule has 2 aromatic rings. The summed E-state index contributed by atoms with van der Waals surface area (Å²) in [4.78, 5) is 16.5. The second-order valence-corrected chi connectivity index (χ2v) is 4.29. The lowest BCUT2D eigenvalue weighted by Crippen LogP contribution is -2.22. The fourth-order valence-corrected chi connectivity index (χ4v) is 1.88. The summed E-state index contributed by atoms with van der Waals surface area (Å²) in [6.45, 7) is 0.317. The molecule has 0 fully saturated rings. The number of benzene rings is 1. The highest BCUT2D eigenvalue weighted by Gasteiger charge is 2.15. The van der Waals surface area contributed by atoms with Gasteiger partial charge >= 0.3 is 0 Å². The number of thiazole rings is 1. The second-order valence-electron chi connectivity index (χ2n) is 3.32. The molecule has 0 aliphatic heterocycles. The molecule has 6 heteroatoms. The number of nitrogens with one attached hydrogen (secondary N) is 1. The van der Waals surface area contributed by atoms with Crippen LogP contribution in [0.2, 0.25) is 0 Å². The third-order valence-corrected chi connectivity index (χ3v) is 2.93. The van der Waals surface area contributed by atoms with Crippen LogP contribution >= 0.6 is 11.3 Å². The van der Waals surface area contributed by atoms with Crippen LogP contribution in [0.5, 0.6) is 11.5 Å². The number of aromatic hydroxyl groups is 2. The van der Waals surface area contributed by atoms with Crippen molar-refractivity contribution in [1.29, 1.82) is 0 Å². The quantitative estimate of drug-likeness (QED) is 0.770. The van der Waals surface area contributed by atoms with Crippen LogP contribution in [0.4, 0.5) is 0 Å². The molecule has 0 aliphatic rings. The SMILES string of the molecule is O=C(NCc1cncs1)c1c(O)cccc1O. The first-order chi connectivity index (χ1) is 8.18. The number of carbonyl (C=O) groups excluding carboxylic acids is 1. The first kappa shape index (κ1) is 11.4. The van der Waals surface area contributed by atoms with Gasteiger partial charge in [-0.3, -0.25) is 9.78 Å². The molecule has 1 amide bonds. The van der Waals surface area contributed by atoms with Crippen LogP contribution in [0, 0.1) is 0 Å². The van der Waals surface area contributed by atoms with E-state index in [0.29, 0.717) is 6.54 Å². The van der Waals surface area contributed by atoms with Gasteiger partial charge in [0.1, 0.15) is 17.1 Å². The van der Waals surface area contributed by atoms with Gasteiger partial charge in [-0.25, -0.2) is 0 Å². The van der Waals surface area contributed by atoms with E-state index < -0.39 is 5.91 Å². The van der Waals surface area contributed by atoms with E-state index in [2.05, 4.69) is 10.3 Å². The Kier molecular flexibility index (Phi) is 3.24. The molecule has 1 aromatic carbocycles. The van der Waals surface area contributed by atoms with Gasteiger partial charge in [0.25, 0.3) is 5.91 Å². The van der Waals surface area contributed by atoms with Crippen molar-refractivity contribution >= 4 is 17.2 Å². The number of amides is 1. The zero-order valence-electron chi connectivity index (χ0n) is 8.75. The van der Waals surface area contributed by atoms with Gasteiger partial charge < -0.3 is 15.5 Å². The van der Waals surface area contributed by atoms with Crippen LogP contribution in [0.25, 0.3) is 0 Å². The third-order valence-electron chi connectivity index (χ3n) is 2.15. The molecule has 0 saturated heterocycles. The minimum absolute atomic E-state index is 0.114. The first-order valence-corrected chi connectivity index (χ1v) is 5.73. The Hall–Kier alpha value is -2.08.